The Morgan fingerprint density at radius 1 is 1.69 bits per heavy atom. The summed E-state index contributed by atoms with van der Waals surface area (Å²) in [5.41, 5.74) is 0. The number of ether oxygens (including phenoxy) is 1. The number of hydrogen-bond donors (Lipinski definition) is 1. The first-order chi connectivity index (χ1) is 7.56. The maximum Gasteiger partial charge on any atom is 0.407 e. The van der Waals surface area contributed by atoms with Crippen molar-refractivity contribution in [1.29, 1.82) is 0 Å². The molecule has 0 aromatic carbocycles. The normalized spacial score (nSPS) is 24.8. The molecule has 1 aliphatic heterocycles. The number of aryl methyl sites for hydroxylation is 1. The third-order valence-electron chi connectivity index (χ3n) is 2.77. The summed E-state index contributed by atoms with van der Waals surface area (Å²) in [4.78, 5) is 12.3. The third-order valence-corrected chi connectivity index (χ3v) is 2.77. The number of carboxylic acid groups (broad SMARTS) is 1. The van der Waals surface area contributed by atoms with Crippen LogP contribution in [0.3, 0.4) is 0 Å². The first-order valence-corrected chi connectivity index (χ1v) is 5.21. The number of hydrogen-bond acceptors (Lipinski definition) is 3. The second-order valence-corrected chi connectivity index (χ2v) is 4.11. The fraction of sp³-hybridized carbons (Fsp3) is 0.600. The summed E-state index contributed by atoms with van der Waals surface area (Å²) < 4.78 is 7.31. The molecule has 1 aromatic heterocycles. The number of amides is 1. The summed E-state index contributed by atoms with van der Waals surface area (Å²) in [6, 6.07) is 0.0131. The minimum Gasteiger partial charge on any atom is -0.485 e. The molecule has 1 aromatic rings. The number of rotatable bonds is 2. The van der Waals surface area contributed by atoms with Gasteiger partial charge in [-0.25, -0.2) is 4.79 Å². The Balaban J connectivity index is 1.96. The SMILES string of the molecule is C[C@H]1C[C@H](Oc2cnn(C)c2)CN1C(=O)O. The average Bonchev–Trinajstić information content (AvgIpc) is 2.73. The molecule has 0 radical (unpaired) electrons. The molecule has 1 fully saturated rings. The fourth-order valence-corrected chi connectivity index (χ4v) is 1.99. The van der Waals surface area contributed by atoms with Crippen molar-refractivity contribution in [2.75, 3.05) is 6.54 Å². The number of carbonyl (C=O) groups is 1. The van der Waals surface area contributed by atoms with E-state index >= 15 is 0 Å². The molecule has 0 unspecified atom stereocenters. The van der Waals surface area contributed by atoms with Crippen LogP contribution in [-0.2, 0) is 7.05 Å². The van der Waals surface area contributed by atoms with Crippen LogP contribution in [0.2, 0.25) is 0 Å². The molecule has 6 heteroatoms. The largest absolute Gasteiger partial charge is 0.485 e. The van der Waals surface area contributed by atoms with Gasteiger partial charge in [0.1, 0.15) is 6.10 Å². The van der Waals surface area contributed by atoms with Crippen LogP contribution < -0.4 is 4.74 Å². The van der Waals surface area contributed by atoms with Gasteiger partial charge in [0, 0.05) is 19.5 Å². The van der Waals surface area contributed by atoms with Crippen LogP contribution in [0.25, 0.3) is 0 Å². The van der Waals surface area contributed by atoms with Crippen LogP contribution in [0.5, 0.6) is 5.75 Å². The molecule has 1 saturated heterocycles. The highest BCUT2D eigenvalue weighted by atomic mass is 16.5. The van der Waals surface area contributed by atoms with E-state index in [4.69, 9.17) is 9.84 Å². The van der Waals surface area contributed by atoms with Crippen molar-refractivity contribution in [3.8, 4) is 5.75 Å². The quantitative estimate of drug-likeness (QED) is 0.813. The van der Waals surface area contributed by atoms with E-state index in [2.05, 4.69) is 5.10 Å². The van der Waals surface area contributed by atoms with Gasteiger partial charge in [0.05, 0.1) is 18.9 Å². The van der Waals surface area contributed by atoms with Crippen molar-refractivity contribution in [3.05, 3.63) is 12.4 Å². The van der Waals surface area contributed by atoms with E-state index in [1.165, 1.54) is 4.90 Å². The monoisotopic (exact) mass is 225 g/mol. The van der Waals surface area contributed by atoms with Gasteiger partial charge < -0.3 is 14.7 Å². The van der Waals surface area contributed by atoms with Crippen LogP contribution in [-0.4, -0.2) is 44.6 Å². The van der Waals surface area contributed by atoms with E-state index < -0.39 is 6.09 Å². The Bertz CT molecular complexity index is 390. The predicted octanol–water partition coefficient (Wildman–Crippen LogP) is 0.940. The predicted molar refractivity (Wildman–Crippen MR) is 56.4 cm³/mol. The summed E-state index contributed by atoms with van der Waals surface area (Å²) in [5.74, 6) is 0.687. The highest BCUT2D eigenvalue weighted by molar-refractivity contribution is 5.65. The molecule has 1 aliphatic rings. The smallest absolute Gasteiger partial charge is 0.407 e. The van der Waals surface area contributed by atoms with Gasteiger partial charge in [0.2, 0.25) is 0 Å². The molecule has 2 atom stereocenters. The Labute approximate surface area is 93.4 Å². The Hall–Kier alpha value is -1.72. The molecule has 0 bridgehead atoms. The zero-order valence-corrected chi connectivity index (χ0v) is 9.33. The van der Waals surface area contributed by atoms with Crippen molar-refractivity contribution < 1.29 is 14.6 Å². The van der Waals surface area contributed by atoms with Gasteiger partial charge in [-0.05, 0) is 6.92 Å². The first kappa shape index (κ1) is 10.8. The van der Waals surface area contributed by atoms with E-state index in [1.54, 1.807) is 17.1 Å². The maximum absolute atomic E-state index is 10.9. The Morgan fingerprint density at radius 3 is 2.94 bits per heavy atom. The summed E-state index contributed by atoms with van der Waals surface area (Å²) in [5, 5.41) is 12.9. The molecule has 1 amide bonds. The Morgan fingerprint density at radius 2 is 2.44 bits per heavy atom. The number of likely N-dealkylation sites (tertiary alicyclic amines) is 1. The topological polar surface area (TPSA) is 67.6 Å². The standard InChI is InChI=1S/C10H15N3O3/c1-7-3-8(6-13(7)10(14)15)16-9-4-11-12(2)5-9/h4-5,7-8H,3,6H2,1-2H3,(H,14,15)/t7-,8-/m0/s1. The lowest BCUT2D eigenvalue weighted by Gasteiger charge is -2.16. The van der Waals surface area contributed by atoms with Gasteiger partial charge in [-0.2, -0.15) is 5.10 Å². The van der Waals surface area contributed by atoms with E-state index in [1.807, 2.05) is 14.0 Å². The molecule has 0 aliphatic carbocycles. The molecular weight excluding hydrogens is 210 g/mol. The zero-order chi connectivity index (χ0) is 11.7. The second-order valence-electron chi connectivity index (χ2n) is 4.11. The summed E-state index contributed by atoms with van der Waals surface area (Å²) in [6.45, 7) is 2.31. The van der Waals surface area contributed by atoms with Crippen molar-refractivity contribution >= 4 is 6.09 Å². The van der Waals surface area contributed by atoms with Crippen LogP contribution >= 0.6 is 0 Å². The molecule has 88 valence electrons. The maximum atomic E-state index is 10.9. The highest BCUT2D eigenvalue weighted by Crippen LogP contribution is 2.22. The molecular formula is C10H15N3O3. The summed E-state index contributed by atoms with van der Waals surface area (Å²) >= 11 is 0. The Kier molecular flexibility index (Phi) is 2.72. The lowest BCUT2D eigenvalue weighted by Crippen LogP contribution is -2.33. The third kappa shape index (κ3) is 2.10. The van der Waals surface area contributed by atoms with Gasteiger partial charge in [-0.3, -0.25) is 4.68 Å². The number of aromatic nitrogens is 2. The van der Waals surface area contributed by atoms with E-state index in [-0.39, 0.29) is 12.1 Å². The van der Waals surface area contributed by atoms with Gasteiger partial charge in [-0.1, -0.05) is 0 Å². The van der Waals surface area contributed by atoms with Gasteiger partial charge in [-0.15, -0.1) is 0 Å². The minimum atomic E-state index is -0.884. The summed E-state index contributed by atoms with van der Waals surface area (Å²) in [6.07, 6.45) is 3.17. The average molecular weight is 225 g/mol. The van der Waals surface area contributed by atoms with Gasteiger partial charge >= 0.3 is 6.09 Å². The highest BCUT2D eigenvalue weighted by Gasteiger charge is 2.33. The molecule has 16 heavy (non-hydrogen) atoms. The van der Waals surface area contributed by atoms with Gasteiger partial charge in [0.25, 0.3) is 0 Å². The van der Waals surface area contributed by atoms with Crippen molar-refractivity contribution in [3.63, 3.8) is 0 Å². The van der Waals surface area contributed by atoms with Crippen molar-refractivity contribution in [1.82, 2.24) is 14.7 Å². The van der Waals surface area contributed by atoms with E-state index in [9.17, 15) is 4.79 Å². The zero-order valence-electron chi connectivity index (χ0n) is 9.33. The molecule has 0 spiro atoms. The summed E-state index contributed by atoms with van der Waals surface area (Å²) in [7, 11) is 1.81. The minimum absolute atomic E-state index is 0.0131. The van der Waals surface area contributed by atoms with Crippen LogP contribution in [0.1, 0.15) is 13.3 Å². The van der Waals surface area contributed by atoms with Gasteiger partial charge in [0.15, 0.2) is 5.75 Å². The van der Waals surface area contributed by atoms with Crippen LogP contribution in [0.4, 0.5) is 4.79 Å². The fourth-order valence-electron chi connectivity index (χ4n) is 1.99. The molecule has 0 saturated carbocycles. The lowest BCUT2D eigenvalue weighted by atomic mass is 10.2. The van der Waals surface area contributed by atoms with Crippen molar-refractivity contribution in [2.45, 2.75) is 25.5 Å². The van der Waals surface area contributed by atoms with Crippen molar-refractivity contribution in [2.24, 2.45) is 7.05 Å². The molecule has 6 nitrogen and oxygen atoms in total. The van der Waals surface area contributed by atoms with Crippen LogP contribution in [0, 0.1) is 0 Å². The first-order valence-electron chi connectivity index (χ1n) is 5.21. The number of nitrogens with zero attached hydrogens (tertiary/aromatic N) is 3. The molecule has 2 heterocycles. The lowest BCUT2D eigenvalue weighted by molar-refractivity contribution is 0.137. The second kappa shape index (κ2) is 4.03. The van der Waals surface area contributed by atoms with Crippen LogP contribution in [0.15, 0.2) is 12.4 Å². The van der Waals surface area contributed by atoms with E-state index in [0.29, 0.717) is 12.3 Å². The van der Waals surface area contributed by atoms with E-state index in [0.717, 1.165) is 6.42 Å². The molecule has 2 rings (SSSR count). The molecule has 1 N–H and O–H groups in total.